The highest BCUT2D eigenvalue weighted by Crippen LogP contribution is 2.17. The number of carbonyl (C=O) groups is 2. The fourth-order valence-electron chi connectivity index (χ4n) is 2.55. The van der Waals surface area contributed by atoms with Crippen LogP contribution in [0.5, 0.6) is 0 Å². The first-order valence-electron chi connectivity index (χ1n) is 7.70. The molecule has 116 valence electrons. The quantitative estimate of drug-likeness (QED) is 0.721. The molecule has 1 heterocycles. The van der Waals surface area contributed by atoms with Gasteiger partial charge in [0.15, 0.2) is 0 Å². The molecule has 0 aliphatic carbocycles. The van der Waals surface area contributed by atoms with Crippen LogP contribution in [0, 0.1) is 5.92 Å². The fourth-order valence-corrected chi connectivity index (χ4v) is 2.55. The van der Waals surface area contributed by atoms with Gasteiger partial charge < -0.3 is 15.0 Å². The molecule has 1 saturated heterocycles. The summed E-state index contributed by atoms with van der Waals surface area (Å²) in [6.07, 6.45) is 3.80. The number of carbonyl (C=O) groups excluding carboxylic acids is 2. The van der Waals surface area contributed by atoms with Gasteiger partial charge in [-0.2, -0.15) is 0 Å². The largest absolute Gasteiger partial charge is 0.465 e. The number of esters is 1. The summed E-state index contributed by atoms with van der Waals surface area (Å²) in [4.78, 5) is 25.4. The maximum Gasteiger partial charge on any atom is 0.325 e. The zero-order valence-electron chi connectivity index (χ0n) is 13.0. The lowest BCUT2D eigenvalue weighted by molar-refractivity contribution is -0.150. The molecule has 0 aromatic rings. The molecular weight excluding hydrogens is 256 g/mol. The van der Waals surface area contributed by atoms with E-state index >= 15 is 0 Å². The predicted molar refractivity (Wildman–Crippen MR) is 78.3 cm³/mol. The Morgan fingerprint density at radius 2 is 2.15 bits per heavy atom. The number of hydrogen-bond donors (Lipinski definition) is 1. The molecule has 1 fully saturated rings. The van der Waals surface area contributed by atoms with Crippen LogP contribution < -0.4 is 5.32 Å². The molecule has 5 nitrogen and oxygen atoms in total. The normalized spacial score (nSPS) is 18.9. The SMILES string of the molecule is CCOC(=O)CN(C(=O)CCC1CCCNC1)C(C)C. The molecule has 0 spiro atoms. The first-order valence-corrected chi connectivity index (χ1v) is 7.70. The third kappa shape index (κ3) is 5.90. The van der Waals surface area contributed by atoms with Gasteiger partial charge in [0.05, 0.1) is 6.61 Å². The lowest BCUT2D eigenvalue weighted by atomic mass is 9.94. The zero-order valence-corrected chi connectivity index (χ0v) is 13.0. The van der Waals surface area contributed by atoms with Crippen molar-refractivity contribution in [2.75, 3.05) is 26.2 Å². The summed E-state index contributed by atoms with van der Waals surface area (Å²) in [7, 11) is 0. The highest BCUT2D eigenvalue weighted by atomic mass is 16.5. The molecule has 1 amide bonds. The van der Waals surface area contributed by atoms with Crippen LogP contribution in [0.4, 0.5) is 0 Å². The summed E-state index contributed by atoms with van der Waals surface area (Å²) in [5, 5.41) is 3.36. The Kier molecular flexibility index (Phi) is 7.59. The molecule has 0 radical (unpaired) electrons. The van der Waals surface area contributed by atoms with Crippen molar-refractivity contribution in [1.82, 2.24) is 10.2 Å². The van der Waals surface area contributed by atoms with Crippen molar-refractivity contribution >= 4 is 11.9 Å². The second kappa shape index (κ2) is 8.95. The second-order valence-electron chi connectivity index (χ2n) is 5.67. The summed E-state index contributed by atoms with van der Waals surface area (Å²) < 4.78 is 4.92. The number of rotatable bonds is 7. The van der Waals surface area contributed by atoms with Crippen molar-refractivity contribution in [1.29, 1.82) is 0 Å². The van der Waals surface area contributed by atoms with Crippen molar-refractivity contribution in [2.45, 2.75) is 52.5 Å². The Hall–Kier alpha value is -1.10. The van der Waals surface area contributed by atoms with E-state index in [0.29, 0.717) is 18.9 Å². The summed E-state index contributed by atoms with van der Waals surface area (Å²) in [5.41, 5.74) is 0. The topological polar surface area (TPSA) is 58.6 Å². The van der Waals surface area contributed by atoms with E-state index in [1.54, 1.807) is 11.8 Å². The van der Waals surface area contributed by atoms with Gasteiger partial charge in [-0.05, 0) is 59.0 Å². The third-order valence-corrected chi connectivity index (χ3v) is 3.71. The van der Waals surface area contributed by atoms with E-state index in [2.05, 4.69) is 5.32 Å². The minimum Gasteiger partial charge on any atom is -0.465 e. The second-order valence-corrected chi connectivity index (χ2v) is 5.67. The first kappa shape index (κ1) is 17.0. The molecular formula is C15H28N2O3. The van der Waals surface area contributed by atoms with Gasteiger partial charge in [-0.15, -0.1) is 0 Å². The standard InChI is InChI=1S/C15H28N2O3/c1-4-20-15(19)11-17(12(2)3)14(18)8-7-13-6-5-9-16-10-13/h12-13,16H,4-11H2,1-3H3. The monoisotopic (exact) mass is 284 g/mol. The van der Waals surface area contributed by atoms with Crippen LogP contribution in [0.3, 0.4) is 0 Å². The van der Waals surface area contributed by atoms with Gasteiger partial charge in [-0.3, -0.25) is 9.59 Å². The van der Waals surface area contributed by atoms with Crippen molar-refractivity contribution in [3.63, 3.8) is 0 Å². The maximum absolute atomic E-state index is 12.3. The number of hydrogen-bond acceptors (Lipinski definition) is 4. The van der Waals surface area contributed by atoms with Crippen molar-refractivity contribution in [3.05, 3.63) is 0 Å². The first-order chi connectivity index (χ1) is 9.54. The lowest BCUT2D eigenvalue weighted by Crippen LogP contribution is -2.41. The average molecular weight is 284 g/mol. The van der Waals surface area contributed by atoms with Gasteiger partial charge in [0.25, 0.3) is 0 Å². The Labute approximate surface area is 122 Å². The van der Waals surface area contributed by atoms with Crippen LogP contribution in [-0.2, 0) is 14.3 Å². The number of piperidine rings is 1. The molecule has 0 aromatic heterocycles. The van der Waals surface area contributed by atoms with Gasteiger partial charge >= 0.3 is 5.97 Å². The zero-order chi connectivity index (χ0) is 15.0. The Bertz CT molecular complexity index is 312. The molecule has 1 atom stereocenters. The highest BCUT2D eigenvalue weighted by Gasteiger charge is 2.22. The molecule has 1 aliphatic heterocycles. The Balaban J connectivity index is 2.40. The number of amides is 1. The minimum absolute atomic E-state index is 0.0244. The summed E-state index contributed by atoms with van der Waals surface area (Å²) in [6, 6.07) is 0.0244. The van der Waals surface area contributed by atoms with Crippen LogP contribution in [0.1, 0.15) is 46.5 Å². The van der Waals surface area contributed by atoms with Crippen LogP contribution in [0.2, 0.25) is 0 Å². The molecule has 1 N–H and O–H groups in total. The van der Waals surface area contributed by atoms with Crippen LogP contribution in [-0.4, -0.2) is 49.1 Å². The number of nitrogens with zero attached hydrogens (tertiary/aromatic N) is 1. The van der Waals surface area contributed by atoms with E-state index in [9.17, 15) is 9.59 Å². The highest BCUT2D eigenvalue weighted by molar-refractivity contribution is 5.82. The molecule has 0 bridgehead atoms. The Morgan fingerprint density at radius 1 is 1.40 bits per heavy atom. The minimum atomic E-state index is -0.325. The van der Waals surface area contributed by atoms with Crippen molar-refractivity contribution < 1.29 is 14.3 Å². The number of ether oxygens (including phenoxy) is 1. The van der Waals surface area contributed by atoms with Gasteiger partial charge in [0.2, 0.25) is 5.91 Å². The Morgan fingerprint density at radius 3 is 2.70 bits per heavy atom. The summed E-state index contributed by atoms with van der Waals surface area (Å²) in [5.74, 6) is 0.316. The van der Waals surface area contributed by atoms with E-state index < -0.39 is 0 Å². The van der Waals surface area contributed by atoms with Crippen LogP contribution >= 0.6 is 0 Å². The van der Waals surface area contributed by atoms with Crippen LogP contribution in [0.25, 0.3) is 0 Å². The summed E-state index contributed by atoms with van der Waals surface area (Å²) >= 11 is 0. The third-order valence-electron chi connectivity index (χ3n) is 3.71. The van der Waals surface area contributed by atoms with Gasteiger partial charge in [-0.1, -0.05) is 0 Å². The molecule has 1 rings (SSSR count). The van der Waals surface area contributed by atoms with E-state index in [1.807, 2.05) is 13.8 Å². The number of nitrogens with one attached hydrogen (secondary N) is 1. The predicted octanol–water partition coefficient (Wildman–Crippen LogP) is 1.57. The van der Waals surface area contributed by atoms with Crippen LogP contribution in [0.15, 0.2) is 0 Å². The molecule has 0 saturated carbocycles. The molecule has 1 unspecified atom stereocenters. The molecule has 20 heavy (non-hydrogen) atoms. The molecule has 1 aliphatic rings. The smallest absolute Gasteiger partial charge is 0.325 e. The van der Waals surface area contributed by atoms with Crippen molar-refractivity contribution in [2.24, 2.45) is 5.92 Å². The fraction of sp³-hybridized carbons (Fsp3) is 0.867. The van der Waals surface area contributed by atoms with E-state index in [4.69, 9.17) is 4.74 Å². The summed E-state index contributed by atoms with van der Waals surface area (Å²) in [6.45, 7) is 8.15. The lowest BCUT2D eigenvalue weighted by Gasteiger charge is -2.27. The van der Waals surface area contributed by atoms with Gasteiger partial charge in [0.1, 0.15) is 6.54 Å². The van der Waals surface area contributed by atoms with Crippen molar-refractivity contribution in [3.8, 4) is 0 Å². The van der Waals surface area contributed by atoms with Gasteiger partial charge in [0, 0.05) is 12.5 Å². The molecule has 5 heteroatoms. The molecule has 0 aromatic carbocycles. The van der Waals surface area contributed by atoms with Gasteiger partial charge in [-0.25, -0.2) is 0 Å². The van der Waals surface area contributed by atoms with E-state index in [0.717, 1.165) is 19.5 Å². The average Bonchev–Trinajstić information content (AvgIpc) is 2.43. The maximum atomic E-state index is 12.3. The van der Waals surface area contributed by atoms with E-state index in [-0.39, 0.29) is 24.5 Å². The van der Waals surface area contributed by atoms with E-state index in [1.165, 1.54) is 12.8 Å².